The van der Waals surface area contributed by atoms with Crippen LogP contribution in [0.1, 0.15) is 0 Å². The van der Waals surface area contributed by atoms with Crippen LogP contribution in [0.3, 0.4) is 0 Å². The van der Waals surface area contributed by atoms with E-state index >= 15 is 0 Å². The molecule has 0 aliphatic carbocycles. The second kappa shape index (κ2) is 3.73. The van der Waals surface area contributed by atoms with Crippen molar-refractivity contribution in [3.05, 3.63) is 10.2 Å². The second-order valence-electron chi connectivity index (χ2n) is 3.39. The molecule has 1 amide bonds. The lowest BCUT2D eigenvalue weighted by Gasteiger charge is -2.53. The third-order valence-corrected chi connectivity index (χ3v) is 4.92. The van der Waals surface area contributed by atoms with E-state index in [4.69, 9.17) is 15.6 Å². The Kier molecular flexibility index (Phi) is 2.77. The van der Waals surface area contributed by atoms with Crippen molar-refractivity contribution in [1.29, 1.82) is 0 Å². The Morgan fingerprint density at radius 2 is 2.44 bits per heavy atom. The van der Waals surface area contributed by atoms with E-state index in [1.165, 1.54) is 18.9 Å². The van der Waals surface area contributed by atoms with Crippen molar-refractivity contribution in [2.75, 3.05) is 12.9 Å². The molecule has 2 rings (SSSR count). The summed E-state index contributed by atoms with van der Waals surface area (Å²) in [6.45, 7) is 0. The Labute approximate surface area is 104 Å². The predicted octanol–water partition coefficient (Wildman–Crippen LogP) is -0.106. The fraction of sp³-hybridized carbons (Fsp3) is 0.500. The summed E-state index contributed by atoms with van der Waals surface area (Å²) < 4.78 is 5.43. The van der Waals surface area contributed by atoms with Gasteiger partial charge in [0.05, 0.1) is 0 Å². The minimum atomic E-state index is -1.40. The summed E-state index contributed by atoms with van der Waals surface area (Å²) in [5.74, 6) is -1.22. The van der Waals surface area contributed by atoms with Gasteiger partial charge in [0.15, 0.2) is 0 Å². The summed E-state index contributed by atoms with van der Waals surface area (Å²) in [5, 5.41) is 8.54. The van der Waals surface area contributed by atoms with Crippen molar-refractivity contribution in [2.24, 2.45) is 5.73 Å². The summed E-state index contributed by atoms with van der Waals surface area (Å²) in [5.41, 5.74) is 4.29. The van der Waals surface area contributed by atoms with Crippen LogP contribution in [0.15, 0.2) is 10.2 Å². The smallest absolute Gasteiger partial charge is 0.353 e. The van der Waals surface area contributed by atoms with Gasteiger partial charge in [0, 0.05) is 17.3 Å². The molecule has 0 aromatic rings. The fourth-order valence-electron chi connectivity index (χ4n) is 1.70. The van der Waals surface area contributed by atoms with Crippen LogP contribution in [0, 0.1) is 0 Å². The molecule has 88 valence electrons. The fourth-order valence-corrected chi connectivity index (χ4v) is 3.69. The van der Waals surface area contributed by atoms with Crippen LogP contribution in [0.4, 0.5) is 0 Å². The van der Waals surface area contributed by atoms with E-state index in [0.717, 1.165) is 4.90 Å². The molecule has 16 heavy (non-hydrogen) atoms. The van der Waals surface area contributed by atoms with E-state index in [1.54, 1.807) is 0 Å². The quantitative estimate of drug-likeness (QED) is 0.546. The molecule has 1 unspecified atom stereocenters. The molecular weight excluding hydrogens is 300 g/mol. The number of fused-ring (bicyclic) bond motifs is 1. The minimum absolute atomic E-state index is 0.0492. The number of rotatable bonds is 2. The van der Waals surface area contributed by atoms with Crippen molar-refractivity contribution < 1.29 is 19.4 Å². The van der Waals surface area contributed by atoms with E-state index in [1.807, 2.05) is 0 Å². The number of aliphatic carboxylic acids is 1. The Morgan fingerprint density at radius 1 is 1.81 bits per heavy atom. The van der Waals surface area contributed by atoms with Crippen LogP contribution in [0.5, 0.6) is 0 Å². The van der Waals surface area contributed by atoms with Gasteiger partial charge in [-0.25, -0.2) is 4.79 Å². The van der Waals surface area contributed by atoms with Crippen LogP contribution in [0.2, 0.25) is 0 Å². The van der Waals surface area contributed by atoms with Crippen molar-refractivity contribution in [2.45, 2.75) is 11.1 Å². The summed E-state index contributed by atoms with van der Waals surface area (Å²) in [7, 11) is 1.34. The van der Waals surface area contributed by atoms with Crippen LogP contribution >= 0.6 is 27.7 Å². The first-order valence-electron chi connectivity index (χ1n) is 4.34. The Bertz CT molecular complexity index is 413. The Balaban J connectivity index is 2.39. The molecule has 2 aliphatic rings. The topological polar surface area (TPSA) is 92.9 Å². The summed E-state index contributed by atoms with van der Waals surface area (Å²) >= 11 is 4.51. The highest BCUT2D eigenvalue weighted by Crippen LogP contribution is 2.46. The zero-order valence-corrected chi connectivity index (χ0v) is 10.7. The number of β-lactam (4-membered cyclic amide) rings is 1. The molecule has 2 aliphatic heterocycles. The van der Waals surface area contributed by atoms with E-state index in [2.05, 4.69) is 15.9 Å². The van der Waals surface area contributed by atoms with Crippen molar-refractivity contribution in [3.63, 3.8) is 0 Å². The second-order valence-corrected chi connectivity index (χ2v) is 5.42. The third-order valence-electron chi connectivity index (χ3n) is 2.56. The molecule has 3 N–H and O–H groups in total. The first-order chi connectivity index (χ1) is 7.43. The molecule has 2 heterocycles. The number of carboxylic acids is 1. The normalized spacial score (nSPS) is 33.6. The van der Waals surface area contributed by atoms with Gasteiger partial charge in [-0.05, 0) is 0 Å². The highest BCUT2D eigenvalue weighted by molar-refractivity contribution is 9.11. The largest absolute Gasteiger partial charge is 0.477 e. The Morgan fingerprint density at radius 3 is 2.94 bits per heavy atom. The number of methoxy groups -OCH3 is 1. The van der Waals surface area contributed by atoms with E-state index < -0.39 is 23.0 Å². The number of ether oxygens (including phenoxy) is 1. The van der Waals surface area contributed by atoms with E-state index in [9.17, 15) is 9.59 Å². The molecule has 2 atom stereocenters. The third kappa shape index (κ3) is 1.33. The maximum Gasteiger partial charge on any atom is 0.353 e. The molecule has 0 radical (unpaired) electrons. The lowest BCUT2D eigenvalue weighted by atomic mass is 10.0. The summed E-state index contributed by atoms with van der Waals surface area (Å²) in [6, 6.07) is 0. The predicted molar refractivity (Wildman–Crippen MR) is 60.6 cm³/mol. The van der Waals surface area contributed by atoms with Gasteiger partial charge in [-0.15, -0.1) is 11.8 Å². The number of thioether (sulfide) groups is 1. The zero-order valence-electron chi connectivity index (χ0n) is 8.27. The number of carbonyl (C=O) groups excluding carboxylic acids is 1. The number of carbonyl (C=O) groups is 2. The minimum Gasteiger partial charge on any atom is -0.477 e. The van der Waals surface area contributed by atoms with Crippen LogP contribution < -0.4 is 5.73 Å². The number of nitrogens with two attached hydrogens (primary N) is 1. The standard InChI is InChI=1S/C8H9BrN2O4S/c1-15-8(10)6(14)11-4(5(12)13)3(9)2-16-7(8)11/h7H,2,10H2,1H3,(H,12,13)/t7-,8?/m1/s1. The van der Waals surface area contributed by atoms with Gasteiger partial charge < -0.3 is 9.84 Å². The number of carboxylic acid groups (broad SMARTS) is 1. The summed E-state index contributed by atoms with van der Waals surface area (Å²) in [6.07, 6.45) is 0. The van der Waals surface area contributed by atoms with Crippen molar-refractivity contribution >= 4 is 39.6 Å². The van der Waals surface area contributed by atoms with E-state index in [-0.39, 0.29) is 5.70 Å². The van der Waals surface area contributed by atoms with Gasteiger partial charge in [0.2, 0.25) is 5.72 Å². The maximum absolute atomic E-state index is 11.8. The average Bonchev–Trinajstić information content (AvgIpc) is 2.26. The first-order valence-corrected chi connectivity index (χ1v) is 6.19. The summed E-state index contributed by atoms with van der Waals surface area (Å²) in [4.78, 5) is 23.9. The van der Waals surface area contributed by atoms with E-state index in [0.29, 0.717) is 10.2 Å². The molecular formula is C8H9BrN2O4S. The highest BCUT2D eigenvalue weighted by Gasteiger charge is 2.63. The number of halogens is 1. The Hall–Kier alpha value is -0.570. The van der Waals surface area contributed by atoms with Gasteiger partial charge in [-0.2, -0.15) is 0 Å². The zero-order chi connectivity index (χ0) is 12.1. The lowest BCUT2D eigenvalue weighted by molar-refractivity contribution is -0.182. The molecule has 1 fully saturated rings. The molecule has 8 heteroatoms. The molecule has 0 spiro atoms. The maximum atomic E-state index is 11.8. The van der Waals surface area contributed by atoms with Gasteiger partial charge in [0.25, 0.3) is 5.91 Å². The number of hydrogen-bond donors (Lipinski definition) is 2. The van der Waals surface area contributed by atoms with Gasteiger partial charge in [-0.3, -0.25) is 15.4 Å². The number of hydrogen-bond acceptors (Lipinski definition) is 5. The molecule has 0 bridgehead atoms. The van der Waals surface area contributed by atoms with Gasteiger partial charge in [-0.1, -0.05) is 15.9 Å². The van der Waals surface area contributed by atoms with Crippen molar-refractivity contribution in [3.8, 4) is 0 Å². The molecule has 0 aromatic carbocycles. The van der Waals surface area contributed by atoms with Crippen LogP contribution in [-0.4, -0.2) is 45.8 Å². The molecule has 1 saturated heterocycles. The average molecular weight is 309 g/mol. The highest BCUT2D eigenvalue weighted by atomic mass is 79.9. The molecule has 6 nitrogen and oxygen atoms in total. The van der Waals surface area contributed by atoms with Crippen LogP contribution in [-0.2, 0) is 14.3 Å². The van der Waals surface area contributed by atoms with Crippen molar-refractivity contribution in [1.82, 2.24) is 4.90 Å². The molecule has 0 aromatic heterocycles. The van der Waals surface area contributed by atoms with Gasteiger partial charge >= 0.3 is 5.97 Å². The monoisotopic (exact) mass is 308 g/mol. The SMILES string of the molecule is COC1(N)C(=O)N2C(C(=O)O)=C(Br)CS[C@@H]21. The number of amides is 1. The van der Waals surface area contributed by atoms with Crippen LogP contribution in [0.25, 0.3) is 0 Å². The lowest BCUT2D eigenvalue weighted by Crippen LogP contribution is -2.78. The number of nitrogens with zero attached hydrogens (tertiary/aromatic N) is 1. The van der Waals surface area contributed by atoms with Gasteiger partial charge in [0.1, 0.15) is 11.1 Å². The molecule has 0 saturated carbocycles. The first kappa shape index (κ1) is 11.9.